The highest BCUT2D eigenvalue weighted by Gasteiger charge is 2.25. The van der Waals surface area contributed by atoms with Gasteiger partial charge < -0.3 is 29.7 Å². The molecule has 0 aromatic heterocycles. The van der Waals surface area contributed by atoms with Crippen LogP contribution in [0, 0.1) is 5.92 Å². The first-order chi connectivity index (χ1) is 20.1. The maximum atomic E-state index is 13.5. The molecule has 0 bridgehead atoms. The fourth-order valence-electron chi connectivity index (χ4n) is 5.77. The number of nitrogens with one attached hydrogen (secondary N) is 2. The molecule has 2 fully saturated rings. The predicted octanol–water partition coefficient (Wildman–Crippen LogP) is 5.32. The van der Waals surface area contributed by atoms with E-state index < -0.39 is 0 Å². The van der Waals surface area contributed by atoms with Crippen LogP contribution in [0.1, 0.15) is 52.0 Å². The average molecular weight is 558 g/mol. The number of anilines is 2. The van der Waals surface area contributed by atoms with E-state index in [0.717, 1.165) is 57.5 Å². The molecule has 216 valence electrons. The van der Waals surface area contributed by atoms with E-state index >= 15 is 0 Å². The molecule has 3 aromatic rings. The van der Waals surface area contributed by atoms with Gasteiger partial charge in [-0.3, -0.25) is 9.59 Å². The summed E-state index contributed by atoms with van der Waals surface area (Å²) in [4.78, 5) is 29.2. The summed E-state index contributed by atoms with van der Waals surface area (Å²) >= 11 is 0. The highest BCUT2D eigenvalue weighted by Crippen LogP contribution is 2.32. The van der Waals surface area contributed by atoms with E-state index in [0.29, 0.717) is 40.8 Å². The number of rotatable bonds is 10. The number of methoxy groups -OCH3 is 2. The van der Waals surface area contributed by atoms with Crippen LogP contribution in [0.4, 0.5) is 11.4 Å². The van der Waals surface area contributed by atoms with Crippen LogP contribution < -0.4 is 25.0 Å². The molecular formula is C33H39N3O5. The second-order valence-corrected chi connectivity index (χ2v) is 10.7. The van der Waals surface area contributed by atoms with Crippen molar-refractivity contribution in [2.75, 3.05) is 50.7 Å². The minimum atomic E-state index is -0.375. The molecule has 0 spiro atoms. The molecule has 3 aromatic carbocycles. The summed E-state index contributed by atoms with van der Waals surface area (Å²) in [6.45, 7) is 2.94. The summed E-state index contributed by atoms with van der Waals surface area (Å²) in [5.41, 5.74) is 3.60. The van der Waals surface area contributed by atoms with Crippen molar-refractivity contribution < 1.29 is 23.8 Å². The number of nitrogens with zero attached hydrogens (tertiary/aromatic N) is 1. The van der Waals surface area contributed by atoms with Gasteiger partial charge in [-0.05, 0) is 73.9 Å². The Morgan fingerprint density at radius 2 is 1.63 bits per heavy atom. The predicted molar refractivity (Wildman–Crippen MR) is 160 cm³/mol. The molecule has 8 heteroatoms. The Bertz CT molecular complexity index is 1310. The molecular weight excluding hydrogens is 518 g/mol. The number of amides is 2. The van der Waals surface area contributed by atoms with Gasteiger partial charge in [-0.25, -0.2) is 0 Å². The molecule has 0 aliphatic carbocycles. The number of hydrogen-bond acceptors (Lipinski definition) is 6. The van der Waals surface area contributed by atoms with Gasteiger partial charge in [0, 0.05) is 37.6 Å². The minimum absolute atomic E-state index is 0.0389. The number of hydrogen-bond donors (Lipinski definition) is 2. The zero-order chi connectivity index (χ0) is 28.6. The first kappa shape index (κ1) is 28.5. The van der Waals surface area contributed by atoms with Crippen LogP contribution in [0.25, 0.3) is 0 Å². The van der Waals surface area contributed by atoms with Crippen molar-refractivity contribution in [3.05, 3.63) is 83.4 Å². The standard InChI is InChI=1S/C33H39N3O5/c1-39-29-11-6-12-30(40-2)31(29)33(38)35-25-13-14-28(27(21-25)32(37)34-22-26-10-7-19-41-26)36-17-15-24(16-18-36)20-23-8-4-3-5-9-23/h3-6,8-9,11-14,21,24,26H,7,10,15-20,22H2,1-2H3,(H,34,37)(H,35,38). The smallest absolute Gasteiger partial charge is 0.263 e. The lowest BCUT2D eigenvalue weighted by Crippen LogP contribution is -2.37. The first-order valence-electron chi connectivity index (χ1n) is 14.4. The molecule has 2 aliphatic heterocycles. The van der Waals surface area contributed by atoms with Crippen molar-refractivity contribution >= 4 is 23.2 Å². The van der Waals surface area contributed by atoms with Crippen LogP contribution in [-0.4, -0.2) is 58.4 Å². The molecule has 2 aliphatic rings. The van der Waals surface area contributed by atoms with E-state index in [1.165, 1.54) is 19.8 Å². The number of ether oxygens (including phenoxy) is 3. The maximum absolute atomic E-state index is 13.5. The highest BCUT2D eigenvalue weighted by atomic mass is 16.5. The molecule has 0 radical (unpaired) electrons. The number of carbonyl (C=O) groups excluding carboxylic acids is 2. The molecule has 2 heterocycles. The van der Waals surface area contributed by atoms with Gasteiger partial charge >= 0.3 is 0 Å². The van der Waals surface area contributed by atoms with E-state index in [1.54, 1.807) is 24.3 Å². The van der Waals surface area contributed by atoms with Gasteiger partial charge in [0.15, 0.2) is 0 Å². The second-order valence-electron chi connectivity index (χ2n) is 10.7. The third-order valence-corrected chi connectivity index (χ3v) is 7.99. The molecule has 41 heavy (non-hydrogen) atoms. The van der Waals surface area contributed by atoms with E-state index in [4.69, 9.17) is 14.2 Å². The highest BCUT2D eigenvalue weighted by molar-refractivity contribution is 6.09. The molecule has 1 atom stereocenters. The van der Waals surface area contributed by atoms with Crippen molar-refractivity contribution in [1.29, 1.82) is 0 Å². The topological polar surface area (TPSA) is 89.1 Å². The summed E-state index contributed by atoms with van der Waals surface area (Å²) in [6.07, 6.45) is 5.17. The van der Waals surface area contributed by atoms with Gasteiger partial charge in [-0.15, -0.1) is 0 Å². The Morgan fingerprint density at radius 1 is 0.902 bits per heavy atom. The van der Waals surface area contributed by atoms with Crippen LogP contribution in [-0.2, 0) is 11.2 Å². The quantitative estimate of drug-likeness (QED) is 0.351. The summed E-state index contributed by atoms with van der Waals surface area (Å²) < 4.78 is 16.5. The zero-order valence-corrected chi connectivity index (χ0v) is 23.9. The molecule has 1 unspecified atom stereocenters. The Labute approximate surface area is 242 Å². The molecule has 5 rings (SSSR count). The van der Waals surface area contributed by atoms with Gasteiger partial charge in [0.05, 0.1) is 25.9 Å². The van der Waals surface area contributed by atoms with Crippen LogP contribution in [0.2, 0.25) is 0 Å². The van der Waals surface area contributed by atoms with Crippen LogP contribution in [0.3, 0.4) is 0 Å². The number of benzene rings is 3. The number of carbonyl (C=O) groups is 2. The zero-order valence-electron chi connectivity index (χ0n) is 23.9. The SMILES string of the molecule is COc1cccc(OC)c1C(=O)Nc1ccc(N2CCC(Cc3ccccc3)CC2)c(C(=O)NCC2CCCO2)c1. The molecule has 2 saturated heterocycles. The summed E-state index contributed by atoms with van der Waals surface area (Å²) in [5, 5.41) is 6.01. The summed E-state index contributed by atoms with van der Waals surface area (Å²) in [7, 11) is 3.03. The lowest BCUT2D eigenvalue weighted by atomic mass is 9.89. The van der Waals surface area contributed by atoms with Gasteiger partial charge in [-0.1, -0.05) is 36.4 Å². The van der Waals surface area contributed by atoms with Gasteiger partial charge in [0.25, 0.3) is 11.8 Å². The third kappa shape index (κ3) is 7.00. The van der Waals surface area contributed by atoms with Crippen molar-refractivity contribution in [2.45, 2.75) is 38.2 Å². The third-order valence-electron chi connectivity index (χ3n) is 7.99. The Morgan fingerprint density at radius 3 is 2.29 bits per heavy atom. The normalized spacial score (nSPS) is 17.2. The van der Waals surface area contributed by atoms with Crippen molar-refractivity contribution in [3.8, 4) is 11.5 Å². The van der Waals surface area contributed by atoms with E-state index in [-0.39, 0.29) is 17.9 Å². The van der Waals surface area contributed by atoms with Crippen LogP contribution in [0.15, 0.2) is 66.7 Å². The lowest BCUT2D eigenvalue weighted by Gasteiger charge is -2.35. The minimum Gasteiger partial charge on any atom is -0.496 e. The molecule has 2 amide bonds. The Kier molecular flexibility index (Phi) is 9.41. The van der Waals surface area contributed by atoms with Gasteiger partial charge in [0.1, 0.15) is 17.1 Å². The molecule has 2 N–H and O–H groups in total. The first-order valence-corrected chi connectivity index (χ1v) is 14.4. The molecule has 0 saturated carbocycles. The van der Waals surface area contributed by atoms with Gasteiger partial charge in [-0.2, -0.15) is 0 Å². The Balaban J connectivity index is 1.34. The van der Waals surface area contributed by atoms with Crippen molar-refractivity contribution in [2.24, 2.45) is 5.92 Å². The fourth-order valence-corrected chi connectivity index (χ4v) is 5.77. The van der Waals surface area contributed by atoms with E-state index in [1.807, 2.05) is 12.1 Å². The van der Waals surface area contributed by atoms with Crippen LogP contribution >= 0.6 is 0 Å². The monoisotopic (exact) mass is 557 g/mol. The van der Waals surface area contributed by atoms with Crippen LogP contribution in [0.5, 0.6) is 11.5 Å². The fraction of sp³-hybridized carbons (Fsp3) is 0.394. The second kappa shape index (κ2) is 13.5. The summed E-state index contributed by atoms with van der Waals surface area (Å²) in [5.74, 6) is 0.880. The average Bonchev–Trinajstić information content (AvgIpc) is 3.54. The van der Waals surface area contributed by atoms with Crippen molar-refractivity contribution in [3.63, 3.8) is 0 Å². The van der Waals surface area contributed by atoms with E-state index in [2.05, 4.69) is 45.9 Å². The largest absolute Gasteiger partial charge is 0.496 e. The van der Waals surface area contributed by atoms with Gasteiger partial charge in [0.2, 0.25) is 0 Å². The maximum Gasteiger partial charge on any atom is 0.263 e. The summed E-state index contributed by atoms with van der Waals surface area (Å²) in [6, 6.07) is 21.4. The Hall–Kier alpha value is -4.04. The molecule has 8 nitrogen and oxygen atoms in total. The van der Waals surface area contributed by atoms with E-state index in [9.17, 15) is 9.59 Å². The number of piperidine rings is 1. The van der Waals surface area contributed by atoms with Crippen molar-refractivity contribution in [1.82, 2.24) is 5.32 Å². The lowest BCUT2D eigenvalue weighted by molar-refractivity contribution is 0.0858.